The third-order valence-corrected chi connectivity index (χ3v) is 5.94. The maximum Gasteiger partial charge on any atom is 0.414 e. The van der Waals surface area contributed by atoms with Crippen molar-refractivity contribution in [2.24, 2.45) is 0 Å². The number of halogens is 1. The Kier molecular flexibility index (Phi) is 7.34. The third-order valence-electron chi connectivity index (χ3n) is 5.94. The minimum atomic E-state index is -1.07. The van der Waals surface area contributed by atoms with Gasteiger partial charge in [0, 0.05) is 32.1 Å². The Bertz CT molecular complexity index is 1170. The highest BCUT2D eigenvalue weighted by Gasteiger charge is 2.33. The summed E-state index contributed by atoms with van der Waals surface area (Å²) in [4.78, 5) is 50.3. The van der Waals surface area contributed by atoms with Crippen molar-refractivity contribution in [3.8, 4) is 0 Å². The topological polar surface area (TPSA) is 132 Å². The van der Waals surface area contributed by atoms with Gasteiger partial charge in [0.05, 0.1) is 36.6 Å². The number of nitrogens with zero attached hydrogens (tertiary/aromatic N) is 3. The average molecular weight is 499 g/mol. The van der Waals surface area contributed by atoms with Crippen molar-refractivity contribution in [2.45, 2.75) is 13.0 Å². The number of cyclic esters (lactones) is 1. The summed E-state index contributed by atoms with van der Waals surface area (Å²) in [5, 5.41) is 13.0. The quantitative estimate of drug-likeness (QED) is 0.544. The molecule has 4 rings (SSSR count). The highest BCUT2D eigenvalue weighted by Crippen LogP contribution is 2.28. The van der Waals surface area contributed by atoms with Crippen molar-refractivity contribution in [3.63, 3.8) is 0 Å². The highest BCUT2D eigenvalue weighted by molar-refractivity contribution is 5.95. The molecule has 2 aliphatic heterocycles. The Morgan fingerprint density at radius 2 is 1.83 bits per heavy atom. The first kappa shape index (κ1) is 24.9. The molecule has 0 bridgehead atoms. The van der Waals surface area contributed by atoms with Crippen LogP contribution in [0.2, 0.25) is 0 Å². The molecule has 11 nitrogen and oxygen atoms in total. The van der Waals surface area contributed by atoms with Crippen LogP contribution in [0.3, 0.4) is 0 Å². The molecule has 3 N–H and O–H groups in total. The zero-order valence-electron chi connectivity index (χ0n) is 19.6. The lowest BCUT2D eigenvalue weighted by atomic mass is 10.1. The van der Waals surface area contributed by atoms with E-state index in [1.165, 1.54) is 47.2 Å². The molecule has 36 heavy (non-hydrogen) atoms. The molecular formula is C24H26FN5O6. The molecular weight excluding hydrogens is 473 g/mol. The molecule has 0 aliphatic carbocycles. The van der Waals surface area contributed by atoms with Crippen LogP contribution in [0, 0.1) is 5.82 Å². The van der Waals surface area contributed by atoms with E-state index in [9.17, 15) is 19.2 Å². The molecule has 2 aromatic carbocycles. The van der Waals surface area contributed by atoms with Crippen LogP contribution in [-0.4, -0.2) is 79.4 Å². The van der Waals surface area contributed by atoms with E-state index in [2.05, 4.69) is 10.7 Å². The Hall–Kier alpha value is -4.19. The Morgan fingerprint density at radius 3 is 2.50 bits per heavy atom. The number of hydrogen-bond donors (Lipinski definition) is 3. The fourth-order valence-corrected chi connectivity index (χ4v) is 4.07. The maximum absolute atomic E-state index is 15.1. The lowest BCUT2D eigenvalue weighted by Crippen LogP contribution is -2.43. The van der Waals surface area contributed by atoms with Crippen molar-refractivity contribution >= 4 is 35.3 Å². The van der Waals surface area contributed by atoms with E-state index in [4.69, 9.17) is 9.84 Å². The van der Waals surface area contributed by atoms with Crippen LogP contribution >= 0.6 is 0 Å². The molecule has 0 unspecified atom stereocenters. The van der Waals surface area contributed by atoms with Gasteiger partial charge in [-0.3, -0.25) is 19.5 Å². The molecule has 2 aliphatic rings. The van der Waals surface area contributed by atoms with Gasteiger partial charge >= 0.3 is 12.1 Å². The molecule has 0 aromatic heterocycles. The lowest BCUT2D eigenvalue weighted by molar-refractivity contribution is -0.119. The SMILES string of the molecule is CC(=O)NC[C@H]1CN(c2ccc(N3CCNN(C(=O)c4ccc(C(=O)O)cc4)CC3)c(F)c2)C(=O)O1. The summed E-state index contributed by atoms with van der Waals surface area (Å²) in [6.45, 7) is 3.17. The Balaban J connectivity index is 1.39. The van der Waals surface area contributed by atoms with E-state index < -0.39 is 24.0 Å². The predicted octanol–water partition coefficient (Wildman–Crippen LogP) is 1.45. The van der Waals surface area contributed by atoms with Crippen LogP contribution in [-0.2, 0) is 9.53 Å². The van der Waals surface area contributed by atoms with Gasteiger partial charge in [-0.2, -0.15) is 0 Å². The highest BCUT2D eigenvalue weighted by atomic mass is 19.1. The van der Waals surface area contributed by atoms with Gasteiger partial charge in [-0.15, -0.1) is 0 Å². The van der Waals surface area contributed by atoms with E-state index in [-0.39, 0.29) is 37.0 Å². The van der Waals surface area contributed by atoms with E-state index in [0.717, 1.165) is 0 Å². The summed E-state index contributed by atoms with van der Waals surface area (Å²) in [5.74, 6) is -2.14. The average Bonchev–Trinajstić information content (AvgIpc) is 3.06. The maximum atomic E-state index is 15.1. The minimum absolute atomic E-state index is 0.0888. The molecule has 3 amide bonds. The number of carbonyl (C=O) groups is 4. The van der Waals surface area contributed by atoms with Gasteiger partial charge in [0.25, 0.3) is 5.91 Å². The number of carboxylic acid groups (broad SMARTS) is 1. The number of ether oxygens (including phenoxy) is 1. The van der Waals surface area contributed by atoms with Crippen molar-refractivity contribution in [2.75, 3.05) is 49.1 Å². The first-order chi connectivity index (χ1) is 17.2. The van der Waals surface area contributed by atoms with Crippen LogP contribution in [0.25, 0.3) is 0 Å². The number of aromatic carboxylic acids is 1. The van der Waals surface area contributed by atoms with Gasteiger partial charge in [0.2, 0.25) is 5.91 Å². The van der Waals surface area contributed by atoms with Crippen molar-refractivity contribution in [3.05, 3.63) is 59.4 Å². The van der Waals surface area contributed by atoms with Gasteiger partial charge in [0.1, 0.15) is 11.9 Å². The predicted molar refractivity (Wildman–Crippen MR) is 127 cm³/mol. The number of hydrazine groups is 1. The van der Waals surface area contributed by atoms with Crippen LogP contribution in [0.1, 0.15) is 27.6 Å². The fourth-order valence-electron chi connectivity index (χ4n) is 4.07. The lowest BCUT2D eigenvalue weighted by Gasteiger charge is -2.24. The van der Waals surface area contributed by atoms with Gasteiger partial charge in [-0.05, 0) is 42.5 Å². The standard InChI is InChI=1S/C24H26FN5O6/c1-15(31)26-13-19-14-29(24(35)36-19)18-6-7-21(20(25)12-18)28-9-8-27-30(11-10-28)22(32)16-2-4-17(5-3-16)23(33)34/h2-7,12,19,27H,8-11,13-14H2,1H3,(H,26,31)(H,33,34)/t19-/m0/s1. The van der Waals surface area contributed by atoms with Gasteiger partial charge in [-0.1, -0.05) is 0 Å². The Morgan fingerprint density at radius 1 is 1.11 bits per heavy atom. The van der Waals surface area contributed by atoms with Crippen molar-refractivity contribution < 1.29 is 33.4 Å². The molecule has 190 valence electrons. The van der Waals surface area contributed by atoms with E-state index >= 15 is 4.39 Å². The fraction of sp³-hybridized carbons (Fsp3) is 0.333. The summed E-state index contributed by atoms with van der Waals surface area (Å²) in [5.41, 5.74) is 4.14. The molecule has 0 saturated carbocycles. The second-order valence-corrected chi connectivity index (χ2v) is 8.42. The van der Waals surface area contributed by atoms with E-state index in [1.807, 2.05) is 0 Å². The minimum Gasteiger partial charge on any atom is -0.478 e. The monoisotopic (exact) mass is 499 g/mol. The largest absolute Gasteiger partial charge is 0.478 e. The second-order valence-electron chi connectivity index (χ2n) is 8.42. The van der Waals surface area contributed by atoms with Crippen LogP contribution in [0.5, 0.6) is 0 Å². The zero-order valence-corrected chi connectivity index (χ0v) is 19.6. The number of carboxylic acids is 1. The summed E-state index contributed by atoms with van der Waals surface area (Å²) >= 11 is 0. The first-order valence-electron chi connectivity index (χ1n) is 11.4. The number of benzene rings is 2. The smallest absolute Gasteiger partial charge is 0.414 e. The zero-order chi connectivity index (χ0) is 25.8. The van der Waals surface area contributed by atoms with Gasteiger partial charge in [-0.25, -0.2) is 19.4 Å². The van der Waals surface area contributed by atoms with Crippen molar-refractivity contribution in [1.82, 2.24) is 15.8 Å². The molecule has 2 saturated heterocycles. The van der Waals surface area contributed by atoms with Crippen LogP contribution in [0.15, 0.2) is 42.5 Å². The summed E-state index contributed by atoms with van der Waals surface area (Å²) in [7, 11) is 0. The molecule has 2 aromatic rings. The number of anilines is 2. The number of nitrogens with one attached hydrogen (secondary N) is 2. The van der Waals surface area contributed by atoms with E-state index in [0.29, 0.717) is 36.6 Å². The second kappa shape index (κ2) is 10.6. The molecule has 0 radical (unpaired) electrons. The van der Waals surface area contributed by atoms with Crippen LogP contribution in [0.4, 0.5) is 20.6 Å². The Labute approximate surface area is 206 Å². The van der Waals surface area contributed by atoms with E-state index in [1.54, 1.807) is 17.0 Å². The number of carbonyl (C=O) groups excluding carboxylic acids is 3. The molecule has 1 atom stereocenters. The summed E-state index contributed by atoms with van der Waals surface area (Å²) < 4.78 is 20.3. The van der Waals surface area contributed by atoms with Crippen LogP contribution < -0.4 is 20.5 Å². The van der Waals surface area contributed by atoms with Crippen molar-refractivity contribution in [1.29, 1.82) is 0 Å². The molecule has 12 heteroatoms. The molecule has 0 spiro atoms. The van der Waals surface area contributed by atoms with Gasteiger partial charge < -0.3 is 20.1 Å². The molecule has 2 fully saturated rings. The van der Waals surface area contributed by atoms with Gasteiger partial charge in [0.15, 0.2) is 0 Å². The number of hydrogen-bond acceptors (Lipinski definition) is 7. The number of amides is 3. The first-order valence-corrected chi connectivity index (χ1v) is 11.4. The third kappa shape index (κ3) is 5.54. The summed E-state index contributed by atoms with van der Waals surface area (Å²) in [6, 6.07) is 10.1. The normalized spacial score (nSPS) is 18.0. The number of rotatable bonds is 6. The summed E-state index contributed by atoms with van der Waals surface area (Å²) in [6.07, 6.45) is -1.13. The molecule has 2 heterocycles.